The lowest BCUT2D eigenvalue weighted by Gasteiger charge is -2.00. The first-order valence-corrected chi connectivity index (χ1v) is 3.30. The summed E-state index contributed by atoms with van der Waals surface area (Å²) in [7, 11) is 0. The van der Waals surface area contributed by atoms with Crippen LogP contribution in [-0.2, 0) is 0 Å². The summed E-state index contributed by atoms with van der Waals surface area (Å²) in [6.45, 7) is 0. The summed E-state index contributed by atoms with van der Waals surface area (Å²) in [6.07, 6.45) is 1.32. The molecule has 64 valence electrons. The van der Waals surface area contributed by atoms with E-state index in [9.17, 15) is 10.1 Å². The maximum absolute atomic E-state index is 10.4. The lowest BCUT2D eigenvalue weighted by Crippen LogP contribution is -2.09. The van der Waals surface area contributed by atoms with Gasteiger partial charge in [-0.25, -0.2) is 4.98 Å². The summed E-state index contributed by atoms with van der Waals surface area (Å²) >= 11 is 5.45. The van der Waals surface area contributed by atoms with Crippen molar-refractivity contribution in [2.75, 3.05) is 5.43 Å². The number of aromatic nitrogens is 1. The fourth-order valence-corrected chi connectivity index (χ4v) is 0.946. The van der Waals surface area contributed by atoms with Crippen LogP contribution in [0.2, 0.25) is 5.15 Å². The molecule has 0 radical (unpaired) electrons. The van der Waals surface area contributed by atoms with Crippen LogP contribution in [0.1, 0.15) is 0 Å². The second-order valence-electron chi connectivity index (χ2n) is 1.90. The van der Waals surface area contributed by atoms with Crippen molar-refractivity contribution in [3.05, 3.63) is 27.5 Å². The van der Waals surface area contributed by atoms with Crippen molar-refractivity contribution in [3.8, 4) is 0 Å². The number of nitrogens with two attached hydrogens (primary N) is 1. The number of nitrogens with zero attached hydrogens (tertiary/aromatic N) is 2. The van der Waals surface area contributed by atoms with Crippen molar-refractivity contribution >= 4 is 23.0 Å². The quantitative estimate of drug-likeness (QED) is 0.312. The zero-order valence-electron chi connectivity index (χ0n) is 5.82. The van der Waals surface area contributed by atoms with Gasteiger partial charge in [0, 0.05) is 6.20 Å². The van der Waals surface area contributed by atoms with Gasteiger partial charge in [-0.15, -0.1) is 0 Å². The van der Waals surface area contributed by atoms with Gasteiger partial charge < -0.3 is 5.43 Å². The second-order valence-corrected chi connectivity index (χ2v) is 2.26. The third-order valence-electron chi connectivity index (χ3n) is 1.22. The predicted octanol–water partition coefficient (Wildman–Crippen LogP) is 0.929. The fourth-order valence-electron chi connectivity index (χ4n) is 0.719. The Hall–Kier alpha value is -1.40. The van der Waals surface area contributed by atoms with Crippen LogP contribution in [-0.4, -0.2) is 9.91 Å². The standard InChI is InChI=1S/C5H5ClN4O2/c6-5-4(10(11)12)3(9-7)1-2-8-5/h1-2H,7H2,(H,8,9). The molecule has 0 aliphatic rings. The van der Waals surface area contributed by atoms with Crippen LogP contribution in [0.4, 0.5) is 11.4 Å². The highest BCUT2D eigenvalue weighted by atomic mass is 35.5. The number of anilines is 1. The number of nitrogen functional groups attached to an aromatic ring is 1. The third-order valence-corrected chi connectivity index (χ3v) is 1.49. The molecule has 0 spiro atoms. The number of rotatable bonds is 2. The van der Waals surface area contributed by atoms with E-state index >= 15 is 0 Å². The zero-order valence-corrected chi connectivity index (χ0v) is 6.58. The average molecular weight is 189 g/mol. The van der Waals surface area contributed by atoms with Crippen LogP contribution < -0.4 is 11.3 Å². The minimum absolute atomic E-state index is 0.139. The van der Waals surface area contributed by atoms with Crippen LogP contribution in [0.5, 0.6) is 0 Å². The largest absolute Gasteiger partial charge is 0.330 e. The van der Waals surface area contributed by atoms with E-state index in [2.05, 4.69) is 10.4 Å². The summed E-state index contributed by atoms with van der Waals surface area (Å²) in [5, 5.41) is 10.2. The molecule has 6 nitrogen and oxygen atoms in total. The highest BCUT2D eigenvalue weighted by Crippen LogP contribution is 2.29. The minimum atomic E-state index is -0.648. The maximum atomic E-state index is 10.4. The van der Waals surface area contributed by atoms with Crippen LogP contribution >= 0.6 is 11.6 Å². The Morgan fingerprint density at radius 1 is 1.75 bits per heavy atom. The molecule has 1 rings (SSSR count). The topological polar surface area (TPSA) is 94.1 Å². The highest BCUT2D eigenvalue weighted by molar-refractivity contribution is 6.32. The number of hydrogen-bond acceptors (Lipinski definition) is 5. The molecule has 3 N–H and O–H groups in total. The van der Waals surface area contributed by atoms with Crippen LogP contribution in [0.25, 0.3) is 0 Å². The van der Waals surface area contributed by atoms with E-state index in [4.69, 9.17) is 17.4 Å². The average Bonchev–Trinajstić information content (AvgIpc) is 2.03. The molecule has 0 bridgehead atoms. The van der Waals surface area contributed by atoms with E-state index < -0.39 is 4.92 Å². The van der Waals surface area contributed by atoms with Gasteiger partial charge in [-0.3, -0.25) is 16.0 Å². The molecular formula is C5H5ClN4O2. The Labute approximate surface area is 72.5 Å². The molecule has 1 aromatic heterocycles. The van der Waals surface area contributed by atoms with E-state index in [0.29, 0.717) is 0 Å². The number of pyridine rings is 1. The minimum Gasteiger partial charge on any atom is -0.318 e. The van der Waals surface area contributed by atoms with Crippen molar-refractivity contribution in [2.24, 2.45) is 5.84 Å². The Balaban J connectivity index is 3.29. The van der Waals surface area contributed by atoms with E-state index in [1.807, 2.05) is 0 Å². The van der Waals surface area contributed by atoms with Gasteiger partial charge >= 0.3 is 5.69 Å². The highest BCUT2D eigenvalue weighted by Gasteiger charge is 2.18. The lowest BCUT2D eigenvalue weighted by atomic mass is 10.3. The van der Waals surface area contributed by atoms with Crippen LogP contribution in [0.15, 0.2) is 12.3 Å². The molecule has 0 amide bonds. The van der Waals surface area contributed by atoms with E-state index in [0.717, 1.165) is 0 Å². The Morgan fingerprint density at radius 2 is 2.42 bits per heavy atom. The van der Waals surface area contributed by atoms with Gasteiger partial charge in [-0.2, -0.15) is 0 Å². The predicted molar refractivity (Wildman–Crippen MR) is 43.7 cm³/mol. The Bertz CT molecular complexity index is 316. The molecule has 0 aromatic carbocycles. The lowest BCUT2D eigenvalue weighted by molar-refractivity contribution is -0.384. The van der Waals surface area contributed by atoms with Gasteiger partial charge in [0.05, 0.1) is 4.92 Å². The second kappa shape index (κ2) is 3.33. The summed E-state index contributed by atoms with van der Waals surface area (Å²) in [5.41, 5.74) is 1.97. The molecular weight excluding hydrogens is 184 g/mol. The van der Waals surface area contributed by atoms with Crippen molar-refractivity contribution < 1.29 is 4.92 Å². The molecule has 0 fully saturated rings. The molecule has 0 saturated heterocycles. The van der Waals surface area contributed by atoms with Gasteiger partial charge in [-0.05, 0) is 6.07 Å². The Morgan fingerprint density at radius 3 is 2.83 bits per heavy atom. The first kappa shape index (κ1) is 8.69. The molecule has 0 atom stereocenters. The summed E-state index contributed by atoms with van der Waals surface area (Å²) in [4.78, 5) is 13.3. The van der Waals surface area contributed by atoms with Crippen molar-refractivity contribution in [1.82, 2.24) is 4.98 Å². The van der Waals surface area contributed by atoms with E-state index in [1.165, 1.54) is 12.3 Å². The van der Waals surface area contributed by atoms with Gasteiger partial charge in [0.2, 0.25) is 5.15 Å². The molecule has 1 aromatic rings. The monoisotopic (exact) mass is 188 g/mol. The first-order valence-electron chi connectivity index (χ1n) is 2.92. The normalized spacial score (nSPS) is 9.50. The molecule has 0 aliphatic heterocycles. The van der Waals surface area contributed by atoms with Crippen molar-refractivity contribution in [3.63, 3.8) is 0 Å². The summed E-state index contributed by atoms with van der Waals surface area (Å²) in [6, 6.07) is 1.37. The summed E-state index contributed by atoms with van der Waals surface area (Å²) in [5.74, 6) is 5.02. The molecule has 0 saturated carbocycles. The fraction of sp³-hybridized carbons (Fsp3) is 0. The number of halogens is 1. The smallest absolute Gasteiger partial charge is 0.318 e. The van der Waals surface area contributed by atoms with Gasteiger partial charge in [0.25, 0.3) is 0 Å². The SMILES string of the molecule is NNc1ccnc(Cl)c1[N+](=O)[O-]. The van der Waals surface area contributed by atoms with Gasteiger partial charge in [-0.1, -0.05) is 11.6 Å². The molecule has 0 aliphatic carbocycles. The molecule has 0 unspecified atom stereocenters. The van der Waals surface area contributed by atoms with Crippen molar-refractivity contribution in [1.29, 1.82) is 0 Å². The maximum Gasteiger partial charge on any atom is 0.330 e. The van der Waals surface area contributed by atoms with Gasteiger partial charge in [0.1, 0.15) is 5.69 Å². The summed E-state index contributed by atoms with van der Waals surface area (Å²) < 4.78 is 0. The van der Waals surface area contributed by atoms with E-state index in [-0.39, 0.29) is 16.5 Å². The Kier molecular flexibility index (Phi) is 2.41. The zero-order chi connectivity index (χ0) is 9.14. The number of hydrogen-bond donors (Lipinski definition) is 2. The number of hydrazine groups is 1. The first-order chi connectivity index (χ1) is 5.66. The number of nitro groups is 1. The number of nitrogens with one attached hydrogen (secondary N) is 1. The van der Waals surface area contributed by atoms with Crippen LogP contribution in [0, 0.1) is 10.1 Å². The van der Waals surface area contributed by atoms with Gasteiger partial charge in [0.15, 0.2) is 0 Å². The molecule has 1 heterocycles. The third kappa shape index (κ3) is 1.44. The van der Waals surface area contributed by atoms with Crippen molar-refractivity contribution in [2.45, 2.75) is 0 Å². The molecule has 7 heteroatoms. The van der Waals surface area contributed by atoms with E-state index in [1.54, 1.807) is 0 Å². The molecule has 12 heavy (non-hydrogen) atoms. The van der Waals surface area contributed by atoms with Crippen LogP contribution in [0.3, 0.4) is 0 Å².